The van der Waals surface area contributed by atoms with E-state index in [1.807, 2.05) is 36.4 Å². The molecule has 1 aromatic heterocycles. The van der Waals surface area contributed by atoms with E-state index in [-0.39, 0.29) is 17.6 Å². The second-order valence-electron chi connectivity index (χ2n) is 8.11. The van der Waals surface area contributed by atoms with Crippen molar-refractivity contribution in [2.24, 2.45) is 5.92 Å². The Balaban J connectivity index is 1.24. The first-order chi connectivity index (χ1) is 15.6. The van der Waals surface area contributed by atoms with Crippen LogP contribution in [0.2, 0.25) is 0 Å². The number of aromatic nitrogens is 2. The van der Waals surface area contributed by atoms with Crippen molar-refractivity contribution in [1.29, 1.82) is 0 Å². The highest BCUT2D eigenvalue weighted by atomic mass is 32.2. The Morgan fingerprint density at radius 3 is 2.56 bits per heavy atom. The van der Waals surface area contributed by atoms with Crippen LogP contribution in [0.1, 0.15) is 31.2 Å². The number of benzene rings is 2. The molecule has 1 aliphatic heterocycles. The summed E-state index contributed by atoms with van der Waals surface area (Å²) in [5.41, 5.74) is 1.24. The van der Waals surface area contributed by atoms with Crippen molar-refractivity contribution in [1.82, 2.24) is 15.5 Å². The molecule has 1 unspecified atom stereocenters. The first-order valence-electron chi connectivity index (χ1n) is 10.9. The van der Waals surface area contributed by atoms with Gasteiger partial charge < -0.3 is 10.2 Å². The van der Waals surface area contributed by atoms with Crippen LogP contribution in [0.25, 0.3) is 0 Å². The molecular weight excluding hydrogens is 423 g/mol. The number of hydrogen-bond donors (Lipinski definition) is 1. The molecule has 32 heavy (non-hydrogen) atoms. The topological polar surface area (TPSA) is 58.1 Å². The number of nitrogens with one attached hydrogen (secondary N) is 1. The molecule has 1 fully saturated rings. The number of anilines is 1. The number of carbonyl (C=O) groups is 1. The third-order valence-corrected chi connectivity index (χ3v) is 6.70. The van der Waals surface area contributed by atoms with Gasteiger partial charge in [0.15, 0.2) is 5.82 Å². The van der Waals surface area contributed by atoms with Crippen LogP contribution in [-0.4, -0.2) is 35.7 Å². The van der Waals surface area contributed by atoms with Crippen molar-refractivity contribution >= 4 is 23.5 Å². The molecule has 2 aromatic carbocycles. The Morgan fingerprint density at radius 2 is 1.88 bits per heavy atom. The van der Waals surface area contributed by atoms with Crippen molar-refractivity contribution in [3.63, 3.8) is 0 Å². The Bertz CT molecular complexity index is 1020. The van der Waals surface area contributed by atoms with Crippen molar-refractivity contribution in [2.45, 2.75) is 35.6 Å². The van der Waals surface area contributed by atoms with Crippen molar-refractivity contribution in [2.75, 3.05) is 24.5 Å². The molecule has 2 heterocycles. The van der Waals surface area contributed by atoms with Crippen molar-refractivity contribution < 1.29 is 9.18 Å². The van der Waals surface area contributed by atoms with Gasteiger partial charge >= 0.3 is 0 Å². The van der Waals surface area contributed by atoms with Crippen molar-refractivity contribution in [3.8, 4) is 0 Å². The fraction of sp³-hybridized carbons (Fsp3) is 0.320. The molecule has 0 saturated carbocycles. The molecule has 1 amide bonds. The number of nitrogens with zero attached hydrogens (tertiary/aromatic N) is 3. The van der Waals surface area contributed by atoms with Crippen LogP contribution in [0.15, 0.2) is 76.7 Å². The van der Waals surface area contributed by atoms with Crippen LogP contribution in [0.5, 0.6) is 0 Å². The highest BCUT2D eigenvalue weighted by Gasteiger charge is 2.26. The van der Waals surface area contributed by atoms with Gasteiger partial charge in [-0.3, -0.25) is 4.79 Å². The number of amides is 1. The summed E-state index contributed by atoms with van der Waals surface area (Å²) >= 11 is 1.38. The number of halogens is 1. The van der Waals surface area contributed by atoms with E-state index in [9.17, 15) is 9.18 Å². The maximum Gasteiger partial charge on any atom is 0.223 e. The number of hydrogen-bond acceptors (Lipinski definition) is 5. The van der Waals surface area contributed by atoms with Gasteiger partial charge in [0.2, 0.25) is 5.91 Å². The van der Waals surface area contributed by atoms with Gasteiger partial charge in [-0.1, -0.05) is 55.1 Å². The molecule has 5 nitrogen and oxygen atoms in total. The molecule has 3 aromatic rings. The van der Waals surface area contributed by atoms with Crippen LogP contribution in [0.3, 0.4) is 0 Å². The van der Waals surface area contributed by atoms with Gasteiger partial charge in [0.25, 0.3) is 0 Å². The molecule has 166 valence electrons. The lowest BCUT2D eigenvalue weighted by Crippen LogP contribution is -2.41. The molecule has 1 aliphatic rings. The smallest absolute Gasteiger partial charge is 0.223 e. The molecular formula is C25H27FN4OS. The Morgan fingerprint density at radius 1 is 1.09 bits per heavy atom. The van der Waals surface area contributed by atoms with Gasteiger partial charge in [-0.25, -0.2) is 4.39 Å². The van der Waals surface area contributed by atoms with E-state index in [0.717, 1.165) is 41.7 Å². The molecule has 0 bridgehead atoms. The first-order valence-corrected chi connectivity index (χ1v) is 11.7. The van der Waals surface area contributed by atoms with Gasteiger partial charge in [0.1, 0.15) is 10.8 Å². The lowest BCUT2D eigenvalue weighted by atomic mass is 9.95. The second-order valence-corrected chi connectivity index (χ2v) is 9.20. The summed E-state index contributed by atoms with van der Waals surface area (Å²) in [4.78, 5) is 15.6. The van der Waals surface area contributed by atoms with Crippen LogP contribution >= 0.6 is 11.8 Å². The van der Waals surface area contributed by atoms with E-state index in [0.29, 0.717) is 12.5 Å². The molecule has 1 atom stereocenters. The molecule has 0 spiro atoms. The minimum absolute atomic E-state index is 0.0324. The summed E-state index contributed by atoms with van der Waals surface area (Å²) in [5, 5.41) is 12.5. The highest BCUT2D eigenvalue weighted by Crippen LogP contribution is 2.28. The lowest BCUT2D eigenvalue weighted by Gasteiger charge is -2.32. The normalized spacial score (nSPS) is 15.4. The standard InChI is InChI=1S/C25H27FN4OS/c1-18(19-6-3-2-4-7-19)17-27-25(31)20-12-14-30(15-13-20)23-10-11-24(29-28-23)32-22-9-5-8-21(26)16-22/h2-11,16,18,20H,12-15,17H2,1H3,(H,27,31). The molecule has 0 aliphatic carbocycles. The fourth-order valence-electron chi connectivity index (χ4n) is 3.86. The summed E-state index contributed by atoms with van der Waals surface area (Å²) in [7, 11) is 0. The number of rotatable bonds is 7. The van der Waals surface area contributed by atoms with Gasteiger partial charge in [-0.15, -0.1) is 10.2 Å². The van der Waals surface area contributed by atoms with Crippen LogP contribution < -0.4 is 10.2 Å². The zero-order valence-corrected chi connectivity index (χ0v) is 18.9. The Kier molecular flexibility index (Phi) is 7.37. The molecule has 4 rings (SSSR count). The van der Waals surface area contributed by atoms with E-state index in [4.69, 9.17) is 0 Å². The van der Waals surface area contributed by atoms with E-state index in [1.54, 1.807) is 6.07 Å². The van der Waals surface area contributed by atoms with Crippen LogP contribution in [0.4, 0.5) is 10.2 Å². The van der Waals surface area contributed by atoms with Crippen LogP contribution in [-0.2, 0) is 4.79 Å². The number of piperidine rings is 1. The third-order valence-electron chi connectivity index (χ3n) is 5.79. The maximum atomic E-state index is 13.3. The highest BCUT2D eigenvalue weighted by molar-refractivity contribution is 7.99. The van der Waals surface area contributed by atoms with E-state index in [1.165, 1.54) is 29.5 Å². The Labute approximate surface area is 192 Å². The summed E-state index contributed by atoms with van der Waals surface area (Å²) in [6.07, 6.45) is 1.60. The molecule has 7 heteroatoms. The van der Waals surface area contributed by atoms with Gasteiger partial charge in [-0.05, 0) is 54.7 Å². The Hall–Kier alpha value is -2.93. The monoisotopic (exact) mass is 450 g/mol. The zero-order valence-electron chi connectivity index (χ0n) is 18.1. The van der Waals surface area contributed by atoms with E-state index < -0.39 is 0 Å². The summed E-state index contributed by atoms with van der Waals surface area (Å²) in [6, 6.07) is 20.5. The molecule has 1 saturated heterocycles. The number of carbonyl (C=O) groups excluding carboxylic acids is 1. The first kappa shape index (κ1) is 22.3. The zero-order chi connectivity index (χ0) is 22.3. The predicted octanol–water partition coefficient (Wildman–Crippen LogP) is 4.90. The quantitative estimate of drug-likeness (QED) is 0.555. The lowest BCUT2D eigenvalue weighted by molar-refractivity contribution is -0.125. The largest absolute Gasteiger partial charge is 0.355 e. The van der Waals surface area contributed by atoms with Crippen molar-refractivity contribution in [3.05, 3.63) is 78.1 Å². The van der Waals surface area contributed by atoms with Crippen LogP contribution in [0, 0.1) is 11.7 Å². The molecule has 0 radical (unpaired) electrons. The predicted molar refractivity (Wildman–Crippen MR) is 125 cm³/mol. The molecule has 1 N–H and O–H groups in total. The second kappa shape index (κ2) is 10.6. The van der Waals surface area contributed by atoms with Gasteiger partial charge in [0.05, 0.1) is 0 Å². The van der Waals surface area contributed by atoms with Gasteiger partial charge in [-0.2, -0.15) is 0 Å². The maximum absolute atomic E-state index is 13.3. The van der Waals surface area contributed by atoms with E-state index >= 15 is 0 Å². The summed E-state index contributed by atoms with van der Waals surface area (Å²) in [5.74, 6) is 1.01. The SMILES string of the molecule is CC(CNC(=O)C1CCN(c2ccc(Sc3cccc(F)c3)nn2)CC1)c1ccccc1. The van der Waals surface area contributed by atoms with Gasteiger partial charge in [0, 0.05) is 30.4 Å². The minimum Gasteiger partial charge on any atom is -0.355 e. The minimum atomic E-state index is -0.263. The fourth-order valence-corrected chi connectivity index (χ4v) is 4.63. The summed E-state index contributed by atoms with van der Waals surface area (Å²) in [6.45, 7) is 4.33. The summed E-state index contributed by atoms with van der Waals surface area (Å²) < 4.78 is 13.3. The third kappa shape index (κ3) is 5.85. The average molecular weight is 451 g/mol. The average Bonchev–Trinajstić information content (AvgIpc) is 2.83. The van der Waals surface area contributed by atoms with E-state index in [2.05, 4.69) is 39.5 Å².